The molecule has 4 rings (SSSR count). The fraction of sp³-hybridized carbons (Fsp3) is 0.500. The molecule has 3 amide bonds. The molecule has 0 saturated carbocycles. The Hall–Kier alpha value is -3.37. The van der Waals surface area contributed by atoms with Crippen LogP contribution in [0.1, 0.15) is 44.2 Å². The zero-order chi connectivity index (χ0) is 28.8. The predicted molar refractivity (Wildman–Crippen MR) is 146 cm³/mol. The molecule has 40 heavy (non-hydrogen) atoms. The number of hydrogen-bond acceptors (Lipinski definition) is 5. The maximum atomic E-state index is 14.0. The van der Waals surface area contributed by atoms with Gasteiger partial charge in [0.05, 0.1) is 18.1 Å². The summed E-state index contributed by atoms with van der Waals surface area (Å²) in [6.45, 7) is 5.48. The van der Waals surface area contributed by atoms with Crippen molar-refractivity contribution in [3.8, 4) is 0 Å². The molecule has 8 nitrogen and oxygen atoms in total. The van der Waals surface area contributed by atoms with Crippen LogP contribution in [0.15, 0.2) is 48.5 Å². The Morgan fingerprint density at radius 3 is 2.50 bits per heavy atom. The fourth-order valence-corrected chi connectivity index (χ4v) is 5.66. The fourth-order valence-electron chi connectivity index (χ4n) is 5.66. The lowest BCUT2D eigenvalue weighted by Gasteiger charge is -2.38. The summed E-state index contributed by atoms with van der Waals surface area (Å²) in [5.41, 5.74) is 1.17. The number of benzene rings is 2. The van der Waals surface area contributed by atoms with Gasteiger partial charge in [0.1, 0.15) is 17.7 Å². The molecule has 3 N–H and O–H groups in total. The Bertz CT molecular complexity index is 1180. The number of carbonyl (C=O) groups excluding carboxylic acids is 3. The standard InChI is InChI=1S/C30H38F2N4O4/c1-3-7-19(2)36-18-22(15-26(36)37)29(39)34-25(14-21-12-23(31)16-24(32)13-21)28(38)27-30(40)35(11-10-33-27)17-20-8-5-4-6-9-20/h4-6,8-9,12-13,16,19,22,25,27-28,33,38H,3,7,10-11,14-15,17-18H2,1-2H3,(H,34,39)/t19?,22?,25-,27-,28-/m0/s1. The lowest BCUT2D eigenvalue weighted by atomic mass is 9.93. The number of carbonyl (C=O) groups is 3. The smallest absolute Gasteiger partial charge is 0.242 e. The molecular weight excluding hydrogens is 518 g/mol. The van der Waals surface area contributed by atoms with Gasteiger partial charge in [-0.2, -0.15) is 0 Å². The summed E-state index contributed by atoms with van der Waals surface area (Å²) in [4.78, 5) is 42.7. The molecule has 5 atom stereocenters. The lowest BCUT2D eigenvalue weighted by Crippen LogP contribution is -2.64. The number of halogens is 2. The second-order valence-corrected chi connectivity index (χ2v) is 10.8. The summed E-state index contributed by atoms with van der Waals surface area (Å²) in [6.07, 6.45) is 0.268. The Balaban J connectivity index is 1.52. The summed E-state index contributed by atoms with van der Waals surface area (Å²) in [7, 11) is 0. The lowest BCUT2D eigenvalue weighted by molar-refractivity contribution is -0.141. The van der Waals surface area contributed by atoms with Gasteiger partial charge in [-0.1, -0.05) is 43.7 Å². The van der Waals surface area contributed by atoms with E-state index >= 15 is 0 Å². The number of piperazine rings is 1. The highest BCUT2D eigenvalue weighted by atomic mass is 19.1. The molecule has 216 valence electrons. The van der Waals surface area contributed by atoms with Gasteiger partial charge < -0.3 is 25.5 Å². The molecule has 0 bridgehead atoms. The Kier molecular flexibility index (Phi) is 9.86. The highest BCUT2D eigenvalue weighted by Crippen LogP contribution is 2.24. The topological polar surface area (TPSA) is 102 Å². The molecule has 2 unspecified atom stereocenters. The van der Waals surface area contributed by atoms with Crippen molar-refractivity contribution in [2.75, 3.05) is 19.6 Å². The van der Waals surface area contributed by atoms with E-state index in [0.717, 1.165) is 36.6 Å². The number of likely N-dealkylation sites (tertiary alicyclic amines) is 1. The molecular formula is C30H38F2N4O4. The van der Waals surface area contributed by atoms with E-state index in [1.54, 1.807) is 9.80 Å². The van der Waals surface area contributed by atoms with Gasteiger partial charge in [-0.15, -0.1) is 0 Å². The van der Waals surface area contributed by atoms with E-state index < -0.39 is 41.6 Å². The van der Waals surface area contributed by atoms with Gasteiger partial charge in [0.25, 0.3) is 0 Å². The van der Waals surface area contributed by atoms with Gasteiger partial charge in [-0.25, -0.2) is 8.78 Å². The third-order valence-electron chi connectivity index (χ3n) is 7.77. The van der Waals surface area contributed by atoms with Gasteiger partial charge in [-0.05, 0) is 43.0 Å². The number of nitrogens with zero attached hydrogens (tertiary/aromatic N) is 2. The molecule has 0 aliphatic carbocycles. The molecule has 2 saturated heterocycles. The van der Waals surface area contributed by atoms with Crippen molar-refractivity contribution < 1.29 is 28.3 Å². The molecule has 2 aliphatic rings. The third kappa shape index (κ3) is 7.22. The van der Waals surface area contributed by atoms with Crippen LogP contribution in [0.4, 0.5) is 8.78 Å². The zero-order valence-electron chi connectivity index (χ0n) is 23.0. The van der Waals surface area contributed by atoms with Gasteiger partial charge in [0.2, 0.25) is 17.7 Å². The predicted octanol–water partition coefficient (Wildman–Crippen LogP) is 2.39. The van der Waals surface area contributed by atoms with Crippen molar-refractivity contribution >= 4 is 17.7 Å². The van der Waals surface area contributed by atoms with Crippen molar-refractivity contribution in [1.82, 2.24) is 20.4 Å². The summed E-state index contributed by atoms with van der Waals surface area (Å²) >= 11 is 0. The molecule has 0 radical (unpaired) electrons. The molecule has 2 aromatic rings. The monoisotopic (exact) mass is 556 g/mol. The Labute approximate surface area is 233 Å². The minimum atomic E-state index is -1.39. The van der Waals surface area contributed by atoms with Crippen LogP contribution in [0.25, 0.3) is 0 Å². The van der Waals surface area contributed by atoms with E-state index in [9.17, 15) is 28.3 Å². The number of nitrogens with one attached hydrogen (secondary N) is 2. The van der Waals surface area contributed by atoms with Crippen molar-refractivity contribution in [1.29, 1.82) is 0 Å². The van der Waals surface area contributed by atoms with E-state index in [0.29, 0.717) is 19.6 Å². The van der Waals surface area contributed by atoms with E-state index in [2.05, 4.69) is 10.6 Å². The van der Waals surface area contributed by atoms with Crippen molar-refractivity contribution in [3.63, 3.8) is 0 Å². The first-order valence-corrected chi connectivity index (χ1v) is 13.9. The van der Waals surface area contributed by atoms with E-state index in [1.165, 1.54) is 0 Å². The first kappa shape index (κ1) is 29.6. The number of aliphatic hydroxyl groups excluding tert-OH is 1. The van der Waals surface area contributed by atoms with Crippen LogP contribution in [-0.4, -0.2) is 76.5 Å². The first-order valence-electron chi connectivity index (χ1n) is 13.9. The molecule has 0 spiro atoms. The highest BCUT2D eigenvalue weighted by molar-refractivity contribution is 5.89. The van der Waals surface area contributed by atoms with Crippen LogP contribution in [0, 0.1) is 17.6 Å². The van der Waals surface area contributed by atoms with E-state index in [4.69, 9.17) is 0 Å². The zero-order valence-corrected chi connectivity index (χ0v) is 23.0. The average Bonchev–Trinajstić information content (AvgIpc) is 3.31. The van der Waals surface area contributed by atoms with Gasteiger partial charge in [0, 0.05) is 44.7 Å². The maximum absolute atomic E-state index is 14.0. The SMILES string of the molecule is CCCC(C)N1CC(C(=O)N[C@@H](Cc2cc(F)cc(F)c2)[C@H](O)[C@@H]2NCCN(Cc3ccccc3)C2=O)CC1=O. The van der Waals surface area contributed by atoms with Gasteiger partial charge in [-0.3, -0.25) is 14.4 Å². The Morgan fingerprint density at radius 1 is 1.12 bits per heavy atom. The number of rotatable bonds is 11. The quantitative estimate of drug-likeness (QED) is 0.395. The molecule has 2 fully saturated rings. The molecule has 2 aromatic carbocycles. The normalized spacial score (nSPS) is 21.8. The van der Waals surface area contributed by atoms with Crippen molar-refractivity contribution in [2.24, 2.45) is 5.92 Å². The van der Waals surface area contributed by atoms with Crippen LogP contribution < -0.4 is 10.6 Å². The first-order chi connectivity index (χ1) is 19.2. The summed E-state index contributed by atoms with van der Waals surface area (Å²) in [5.74, 6) is -3.07. The van der Waals surface area contributed by atoms with Crippen LogP contribution in [0.2, 0.25) is 0 Å². The third-order valence-corrected chi connectivity index (χ3v) is 7.77. The van der Waals surface area contributed by atoms with Crippen LogP contribution in [-0.2, 0) is 27.3 Å². The second kappa shape index (κ2) is 13.3. The van der Waals surface area contributed by atoms with E-state index in [1.807, 2.05) is 44.2 Å². The minimum Gasteiger partial charge on any atom is -0.389 e. The van der Waals surface area contributed by atoms with Crippen LogP contribution >= 0.6 is 0 Å². The van der Waals surface area contributed by atoms with Crippen molar-refractivity contribution in [3.05, 3.63) is 71.3 Å². The highest BCUT2D eigenvalue weighted by Gasteiger charge is 2.41. The van der Waals surface area contributed by atoms with Crippen LogP contribution in [0.5, 0.6) is 0 Å². The molecule has 0 aromatic heterocycles. The second-order valence-electron chi connectivity index (χ2n) is 10.8. The minimum absolute atomic E-state index is 0.00612. The molecule has 2 heterocycles. The van der Waals surface area contributed by atoms with Crippen LogP contribution in [0.3, 0.4) is 0 Å². The van der Waals surface area contributed by atoms with Crippen molar-refractivity contribution in [2.45, 2.75) is 70.3 Å². The summed E-state index contributed by atoms with van der Waals surface area (Å²) < 4.78 is 28.0. The number of hydrogen-bond donors (Lipinski definition) is 3. The summed E-state index contributed by atoms with van der Waals surface area (Å²) in [6, 6.07) is 10.4. The van der Waals surface area contributed by atoms with E-state index in [-0.39, 0.29) is 42.8 Å². The van der Waals surface area contributed by atoms with Gasteiger partial charge in [0.15, 0.2) is 0 Å². The van der Waals surface area contributed by atoms with Gasteiger partial charge >= 0.3 is 0 Å². The Morgan fingerprint density at radius 2 is 1.82 bits per heavy atom. The maximum Gasteiger partial charge on any atom is 0.242 e. The molecule has 2 aliphatic heterocycles. The average molecular weight is 557 g/mol. The molecule has 10 heteroatoms. The number of aliphatic hydroxyl groups is 1. The largest absolute Gasteiger partial charge is 0.389 e. The number of amides is 3. The summed E-state index contributed by atoms with van der Waals surface area (Å²) in [5, 5.41) is 17.3.